The van der Waals surface area contributed by atoms with Crippen LogP contribution >= 0.6 is 0 Å². The highest BCUT2D eigenvalue weighted by molar-refractivity contribution is 5.79. The van der Waals surface area contributed by atoms with Crippen molar-refractivity contribution in [2.75, 3.05) is 33.8 Å². The molecule has 2 N–H and O–H groups in total. The van der Waals surface area contributed by atoms with Gasteiger partial charge >= 0.3 is 0 Å². The molecule has 0 saturated heterocycles. The Labute approximate surface area is 158 Å². The number of guanidine groups is 1. The molecule has 1 fully saturated rings. The Kier molecular flexibility index (Phi) is 8.04. The monoisotopic (exact) mass is 362 g/mol. The molecule has 0 bridgehead atoms. The molecule has 1 aliphatic rings. The van der Waals surface area contributed by atoms with E-state index in [1.54, 1.807) is 14.2 Å². The molecule has 1 aromatic carbocycles. The summed E-state index contributed by atoms with van der Waals surface area (Å²) >= 11 is 0. The van der Waals surface area contributed by atoms with Crippen LogP contribution in [0.25, 0.3) is 0 Å². The molecule has 1 unspecified atom stereocenters. The fraction of sp³-hybridized carbons (Fsp3) is 0.650. The average Bonchev–Trinajstić information content (AvgIpc) is 3.46. The molecule has 0 aliphatic heterocycles. The minimum atomic E-state index is -0.0107. The summed E-state index contributed by atoms with van der Waals surface area (Å²) in [5.41, 5.74) is 0. The Morgan fingerprint density at radius 3 is 2.46 bits per heavy atom. The Balaban J connectivity index is 1.72. The summed E-state index contributed by atoms with van der Waals surface area (Å²) in [6.45, 7) is 9.14. The zero-order valence-corrected chi connectivity index (χ0v) is 16.8. The maximum Gasteiger partial charge on any atom is 0.191 e. The number of para-hydroxylation sites is 2. The number of ether oxygens (including phenoxy) is 2. The van der Waals surface area contributed by atoms with Gasteiger partial charge in [0.1, 0.15) is 6.10 Å². The van der Waals surface area contributed by atoms with Crippen LogP contribution in [0, 0.1) is 0 Å². The second-order valence-electron chi connectivity index (χ2n) is 7.02. The molecule has 1 aliphatic carbocycles. The van der Waals surface area contributed by atoms with E-state index >= 15 is 0 Å². The van der Waals surface area contributed by atoms with E-state index < -0.39 is 0 Å². The molecule has 1 aromatic rings. The number of aliphatic imine (C=N–C) groups is 1. The van der Waals surface area contributed by atoms with Crippen LogP contribution < -0.4 is 20.1 Å². The van der Waals surface area contributed by atoms with Gasteiger partial charge in [0.15, 0.2) is 17.5 Å². The minimum absolute atomic E-state index is 0.0107. The van der Waals surface area contributed by atoms with Gasteiger partial charge in [-0.2, -0.15) is 0 Å². The van der Waals surface area contributed by atoms with E-state index in [0.29, 0.717) is 12.6 Å². The SMILES string of the molecule is CN=C(NCCN(C(C)C)C1CC1)NCC(C)Oc1ccccc1OC. The van der Waals surface area contributed by atoms with Crippen LogP contribution in [0.15, 0.2) is 29.3 Å². The van der Waals surface area contributed by atoms with Crippen molar-refractivity contribution in [2.24, 2.45) is 4.99 Å². The van der Waals surface area contributed by atoms with Crippen molar-refractivity contribution in [3.8, 4) is 11.5 Å². The number of nitrogens with zero attached hydrogens (tertiary/aromatic N) is 2. The summed E-state index contributed by atoms with van der Waals surface area (Å²) in [5.74, 6) is 2.31. The Morgan fingerprint density at radius 1 is 1.19 bits per heavy atom. The second kappa shape index (κ2) is 10.3. The number of nitrogens with one attached hydrogen (secondary N) is 2. The molecule has 6 nitrogen and oxygen atoms in total. The lowest BCUT2D eigenvalue weighted by Gasteiger charge is -2.26. The summed E-state index contributed by atoms with van der Waals surface area (Å²) in [4.78, 5) is 6.86. The molecule has 0 aromatic heterocycles. The molecule has 0 radical (unpaired) electrons. The van der Waals surface area contributed by atoms with Gasteiger partial charge in [0.2, 0.25) is 0 Å². The van der Waals surface area contributed by atoms with Crippen molar-refractivity contribution < 1.29 is 9.47 Å². The van der Waals surface area contributed by atoms with Crippen molar-refractivity contribution in [3.05, 3.63) is 24.3 Å². The highest BCUT2D eigenvalue weighted by Crippen LogP contribution is 2.28. The van der Waals surface area contributed by atoms with Crippen LogP contribution in [0.1, 0.15) is 33.6 Å². The predicted molar refractivity (Wildman–Crippen MR) is 107 cm³/mol. The van der Waals surface area contributed by atoms with Crippen molar-refractivity contribution in [3.63, 3.8) is 0 Å². The number of hydrogen-bond acceptors (Lipinski definition) is 4. The highest BCUT2D eigenvalue weighted by atomic mass is 16.5. The minimum Gasteiger partial charge on any atom is -0.493 e. The Hall–Kier alpha value is -1.95. The Bertz CT molecular complexity index is 571. The van der Waals surface area contributed by atoms with Crippen LogP contribution in [0.4, 0.5) is 0 Å². The number of hydrogen-bond donors (Lipinski definition) is 2. The number of methoxy groups -OCH3 is 1. The van der Waals surface area contributed by atoms with Gasteiger partial charge in [-0.1, -0.05) is 12.1 Å². The molecule has 0 spiro atoms. The highest BCUT2D eigenvalue weighted by Gasteiger charge is 2.30. The van der Waals surface area contributed by atoms with E-state index in [0.717, 1.165) is 36.6 Å². The molecule has 146 valence electrons. The summed E-state index contributed by atoms with van der Waals surface area (Å²) in [6.07, 6.45) is 2.66. The Morgan fingerprint density at radius 2 is 1.88 bits per heavy atom. The molecule has 2 rings (SSSR count). The van der Waals surface area contributed by atoms with Crippen molar-refractivity contribution >= 4 is 5.96 Å². The summed E-state index contributed by atoms with van der Waals surface area (Å²) < 4.78 is 11.3. The first-order chi connectivity index (χ1) is 12.5. The topological polar surface area (TPSA) is 58.1 Å². The van der Waals surface area contributed by atoms with Gasteiger partial charge in [-0.15, -0.1) is 0 Å². The van der Waals surface area contributed by atoms with E-state index in [-0.39, 0.29) is 6.10 Å². The molecular formula is C20H34N4O2. The van der Waals surface area contributed by atoms with E-state index in [4.69, 9.17) is 9.47 Å². The first kappa shape index (κ1) is 20.4. The zero-order chi connectivity index (χ0) is 18.9. The van der Waals surface area contributed by atoms with Gasteiger partial charge in [-0.25, -0.2) is 0 Å². The van der Waals surface area contributed by atoms with Gasteiger partial charge in [0, 0.05) is 32.2 Å². The predicted octanol–water partition coefficient (Wildman–Crippen LogP) is 2.50. The molecule has 6 heteroatoms. The molecule has 1 atom stereocenters. The van der Waals surface area contributed by atoms with Crippen LogP contribution in [0.2, 0.25) is 0 Å². The summed E-state index contributed by atoms with van der Waals surface area (Å²) in [5, 5.41) is 6.73. The number of benzene rings is 1. The van der Waals surface area contributed by atoms with E-state index in [9.17, 15) is 0 Å². The van der Waals surface area contributed by atoms with Gasteiger partial charge in [0.25, 0.3) is 0 Å². The third kappa shape index (κ3) is 6.41. The van der Waals surface area contributed by atoms with Crippen LogP contribution in [-0.2, 0) is 0 Å². The lowest BCUT2D eigenvalue weighted by molar-refractivity contribution is 0.211. The smallest absolute Gasteiger partial charge is 0.191 e. The maximum atomic E-state index is 5.97. The van der Waals surface area contributed by atoms with Gasteiger partial charge in [0.05, 0.1) is 13.7 Å². The lowest BCUT2D eigenvalue weighted by Crippen LogP contribution is -2.45. The van der Waals surface area contributed by atoms with Gasteiger partial charge in [-0.05, 0) is 45.7 Å². The largest absolute Gasteiger partial charge is 0.493 e. The van der Waals surface area contributed by atoms with Crippen molar-refractivity contribution in [1.82, 2.24) is 15.5 Å². The fourth-order valence-corrected chi connectivity index (χ4v) is 3.01. The van der Waals surface area contributed by atoms with Crippen molar-refractivity contribution in [2.45, 2.75) is 51.8 Å². The second-order valence-corrected chi connectivity index (χ2v) is 7.02. The van der Waals surface area contributed by atoms with E-state index in [2.05, 4.69) is 34.4 Å². The third-order valence-electron chi connectivity index (χ3n) is 4.52. The first-order valence-corrected chi connectivity index (χ1v) is 9.55. The number of rotatable bonds is 10. The summed E-state index contributed by atoms with van der Waals surface area (Å²) in [7, 11) is 3.45. The normalized spacial score (nSPS) is 15.9. The fourth-order valence-electron chi connectivity index (χ4n) is 3.01. The van der Waals surface area contributed by atoms with E-state index in [1.807, 2.05) is 31.2 Å². The average molecular weight is 363 g/mol. The summed E-state index contributed by atoms with van der Waals surface area (Å²) in [6, 6.07) is 9.06. The molecule has 0 amide bonds. The van der Waals surface area contributed by atoms with Crippen molar-refractivity contribution in [1.29, 1.82) is 0 Å². The van der Waals surface area contributed by atoms with E-state index in [1.165, 1.54) is 12.8 Å². The quantitative estimate of drug-likeness (QED) is 0.495. The van der Waals surface area contributed by atoms with Gasteiger partial charge in [-0.3, -0.25) is 9.89 Å². The zero-order valence-electron chi connectivity index (χ0n) is 16.8. The maximum absolute atomic E-state index is 5.97. The van der Waals surface area contributed by atoms with Crippen LogP contribution in [0.3, 0.4) is 0 Å². The molecule has 1 saturated carbocycles. The molecular weight excluding hydrogens is 328 g/mol. The van der Waals surface area contributed by atoms with Gasteiger partial charge < -0.3 is 20.1 Å². The van der Waals surface area contributed by atoms with Crippen LogP contribution in [0.5, 0.6) is 11.5 Å². The first-order valence-electron chi connectivity index (χ1n) is 9.55. The van der Waals surface area contributed by atoms with Crippen LogP contribution in [-0.4, -0.2) is 62.8 Å². The molecule has 26 heavy (non-hydrogen) atoms. The molecule has 0 heterocycles. The standard InChI is InChI=1S/C20H34N4O2/c1-15(2)24(17-10-11-17)13-12-22-20(21-4)23-14-16(3)26-19-9-7-6-8-18(19)25-5/h6-9,15-17H,10-14H2,1-5H3,(H2,21,22,23). The lowest BCUT2D eigenvalue weighted by atomic mass is 10.3. The third-order valence-corrected chi connectivity index (χ3v) is 4.52.